The second-order valence-corrected chi connectivity index (χ2v) is 6.12. The molecule has 0 saturated carbocycles. The molecule has 2 heterocycles. The molecule has 0 aliphatic carbocycles. The first-order chi connectivity index (χ1) is 12.6. The molecule has 2 aromatic carbocycles. The van der Waals surface area contributed by atoms with Crippen LogP contribution in [0.2, 0.25) is 0 Å². The summed E-state index contributed by atoms with van der Waals surface area (Å²) in [5.74, 6) is 0.703. The minimum atomic E-state index is -0.249. The predicted octanol–water partition coefficient (Wildman–Crippen LogP) is 4.16. The van der Waals surface area contributed by atoms with Crippen LogP contribution in [0.25, 0.3) is 16.9 Å². The average Bonchev–Trinajstić information content (AvgIpc) is 3.04. The van der Waals surface area contributed by atoms with E-state index >= 15 is 0 Å². The summed E-state index contributed by atoms with van der Waals surface area (Å²) in [5.41, 5.74) is 4.44. The van der Waals surface area contributed by atoms with Gasteiger partial charge in [-0.25, -0.2) is 13.9 Å². The molecule has 0 saturated heterocycles. The number of nitrogens with zero attached hydrogens (tertiary/aromatic N) is 3. The number of fused-ring (bicyclic) bond motifs is 1. The number of aromatic nitrogens is 3. The quantitative estimate of drug-likeness (QED) is 0.581. The maximum absolute atomic E-state index is 13.0. The molecule has 0 unspecified atom stereocenters. The molecule has 0 fully saturated rings. The first-order valence-corrected chi connectivity index (χ1v) is 8.23. The Kier molecular flexibility index (Phi) is 4.01. The van der Waals surface area contributed by atoms with Crippen molar-refractivity contribution in [2.75, 3.05) is 5.32 Å². The van der Waals surface area contributed by atoms with E-state index in [1.54, 1.807) is 35.0 Å². The van der Waals surface area contributed by atoms with Gasteiger partial charge in [-0.05, 0) is 60.5 Å². The van der Waals surface area contributed by atoms with Crippen LogP contribution in [0.5, 0.6) is 5.75 Å². The minimum absolute atomic E-state index is 0.216. The molecule has 4 aromatic rings. The van der Waals surface area contributed by atoms with Crippen LogP contribution in [0.1, 0.15) is 11.1 Å². The third-order valence-corrected chi connectivity index (χ3v) is 4.22. The molecule has 2 N–H and O–H groups in total. The fraction of sp³-hybridized carbons (Fsp3) is 0.100. The number of rotatable bonds is 4. The number of benzene rings is 2. The predicted molar refractivity (Wildman–Crippen MR) is 98.6 cm³/mol. The van der Waals surface area contributed by atoms with E-state index in [0.717, 1.165) is 33.8 Å². The third-order valence-electron chi connectivity index (χ3n) is 4.22. The average molecular weight is 348 g/mol. The molecule has 0 amide bonds. The molecule has 4 rings (SSSR count). The van der Waals surface area contributed by atoms with Gasteiger partial charge >= 0.3 is 0 Å². The topological polar surface area (TPSA) is 62.5 Å². The molecule has 5 nitrogen and oxygen atoms in total. The smallest absolute Gasteiger partial charge is 0.154 e. The number of phenolic OH excluding ortho intramolecular Hbond substituents is 1. The van der Waals surface area contributed by atoms with Crippen LogP contribution in [0, 0.1) is 12.7 Å². The lowest BCUT2D eigenvalue weighted by Crippen LogP contribution is -2.07. The van der Waals surface area contributed by atoms with Crippen molar-refractivity contribution in [2.24, 2.45) is 0 Å². The van der Waals surface area contributed by atoms with Crippen LogP contribution in [-0.2, 0) is 6.54 Å². The largest absolute Gasteiger partial charge is 0.508 e. The second kappa shape index (κ2) is 6.48. The summed E-state index contributed by atoms with van der Waals surface area (Å²) in [6, 6.07) is 15.3. The second-order valence-electron chi connectivity index (χ2n) is 6.12. The Morgan fingerprint density at radius 1 is 1.08 bits per heavy atom. The monoisotopic (exact) mass is 348 g/mol. The summed E-state index contributed by atoms with van der Waals surface area (Å²) in [5, 5.41) is 17.4. The Bertz CT molecular complexity index is 1060. The van der Waals surface area contributed by atoms with Crippen LogP contribution in [-0.4, -0.2) is 19.7 Å². The lowest BCUT2D eigenvalue weighted by Gasteiger charge is -2.10. The Labute approximate surface area is 149 Å². The highest BCUT2D eigenvalue weighted by Gasteiger charge is 2.10. The van der Waals surface area contributed by atoms with Gasteiger partial charge in [0.05, 0.1) is 11.9 Å². The van der Waals surface area contributed by atoms with Gasteiger partial charge in [0.2, 0.25) is 0 Å². The first kappa shape index (κ1) is 16.1. The van der Waals surface area contributed by atoms with Crippen LogP contribution < -0.4 is 5.32 Å². The van der Waals surface area contributed by atoms with Crippen molar-refractivity contribution in [1.82, 2.24) is 14.6 Å². The zero-order chi connectivity index (χ0) is 18.1. The number of nitrogens with one attached hydrogen (secondary N) is 1. The summed E-state index contributed by atoms with van der Waals surface area (Å²) >= 11 is 0. The van der Waals surface area contributed by atoms with E-state index in [2.05, 4.69) is 15.4 Å². The third kappa shape index (κ3) is 3.09. The molecule has 0 radical (unpaired) electrons. The van der Waals surface area contributed by atoms with Crippen LogP contribution >= 0.6 is 0 Å². The van der Waals surface area contributed by atoms with Crippen molar-refractivity contribution in [3.05, 3.63) is 77.7 Å². The van der Waals surface area contributed by atoms with Crippen molar-refractivity contribution in [3.8, 4) is 17.0 Å². The molecule has 2 aromatic heterocycles. The summed E-state index contributed by atoms with van der Waals surface area (Å²) in [6.07, 6.45) is 1.76. The highest BCUT2D eigenvalue weighted by Crippen LogP contribution is 2.24. The molecule has 0 aliphatic rings. The number of aryl methyl sites for hydroxylation is 1. The maximum Gasteiger partial charge on any atom is 0.154 e. The van der Waals surface area contributed by atoms with E-state index in [1.807, 2.05) is 25.1 Å². The van der Waals surface area contributed by atoms with Crippen molar-refractivity contribution < 1.29 is 9.50 Å². The number of hydrogen-bond acceptors (Lipinski definition) is 4. The Balaban J connectivity index is 1.67. The Morgan fingerprint density at radius 3 is 2.54 bits per heavy atom. The van der Waals surface area contributed by atoms with E-state index in [-0.39, 0.29) is 11.6 Å². The molecule has 0 spiro atoms. The molecule has 26 heavy (non-hydrogen) atoms. The maximum atomic E-state index is 13.0. The lowest BCUT2D eigenvalue weighted by atomic mass is 10.1. The van der Waals surface area contributed by atoms with E-state index in [4.69, 9.17) is 0 Å². The van der Waals surface area contributed by atoms with Crippen molar-refractivity contribution in [2.45, 2.75) is 13.5 Å². The molecule has 0 bridgehead atoms. The zero-order valence-electron chi connectivity index (χ0n) is 14.1. The van der Waals surface area contributed by atoms with Gasteiger partial charge in [0, 0.05) is 12.1 Å². The number of phenols is 1. The van der Waals surface area contributed by atoms with Gasteiger partial charge in [0.15, 0.2) is 5.65 Å². The zero-order valence-corrected chi connectivity index (χ0v) is 14.1. The van der Waals surface area contributed by atoms with Crippen molar-refractivity contribution in [3.63, 3.8) is 0 Å². The fourth-order valence-corrected chi connectivity index (χ4v) is 2.80. The van der Waals surface area contributed by atoms with Crippen molar-refractivity contribution in [1.29, 1.82) is 0 Å². The molecular weight excluding hydrogens is 331 g/mol. The molecule has 0 atom stereocenters. The van der Waals surface area contributed by atoms with Crippen LogP contribution in [0.4, 0.5) is 10.2 Å². The highest BCUT2D eigenvalue weighted by molar-refractivity contribution is 5.65. The van der Waals surface area contributed by atoms with Gasteiger partial charge < -0.3 is 10.4 Å². The van der Waals surface area contributed by atoms with Gasteiger partial charge in [-0.1, -0.05) is 12.1 Å². The number of halogens is 1. The first-order valence-electron chi connectivity index (χ1n) is 8.23. The van der Waals surface area contributed by atoms with E-state index in [0.29, 0.717) is 6.54 Å². The van der Waals surface area contributed by atoms with Gasteiger partial charge in [0.1, 0.15) is 17.4 Å². The SMILES string of the molecule is Cc1cc2ncc(-c3ccc(O)cc3)n2nc1NCc1ccc(F)cc1. The summed E-state index contributed by atoms with van der Waals surface area (Å²) in [7, 11) is 0. The van der Waals surface area contributed by atoms with Crippen LogP contribution in [0.3, 0.4) is 0 Å². The number of aromatic hydroxyl groups is 1. The Morgan fingerprint density at radius 2 is 1.81 bits per heavy atom. The van der Waals surface area contributed by atoms with Gasteiger partial charge in [0.25, 0.3) is 0 Å². The summed E-state index contributed by atoms with van der Waals surface area (Å²) in [4.78, 5) is 4.42. The van der Waals surface area contributed by atoms with E-state index < -0.39 is 0 Å². The molecule has 130 valence electrons. The lowest BCUT2D eigenvalue weighted by molar-refractivity contribution is 0.475. The molecule has 0 aliphatic heterocycles. The summed E-state index contributed by atoms with van der Waals surface area (Å²) in [6.45, 7) is 2.51. The Hall–Kier alpha value is -3.41. The normalized spacial score (nSPS) is 11.0. The fourth-order valence-electron chi connectivity index (χ4n) is 2.80. The van der Waals surface area contributed by atoms with Gasteiger partial charge in [-0.2, -0.15) is 0 Å². The van der Waals surface area contributed by atoms with E-state index in [9.17, 15) is 9.50 Å². The van der Waals surface area contributed by atoms with Crippen molar-refractivity contribution >= 4 is 11.5 Å². The van der Waals surface area contributed by atoms with Crippen LogP contribution in [0.15, 0.2) is 60.8 Å². The molecular formula is C20H17FN4O. The van der Waals surface area contributed by atoms with Gasteiger partial charge in [-0.3, -0.25) is 0 Å². The number of anilines is 1. The number of imidazole rings is 1. The standard InChI is InChI=1S/C20H17FN4O/c1-13-10-19-22-12-18(15-4-8-17(26)9-5-15)25(19)24-20(13)23-11-14-2-6-16(21)7-3-14/h2-10,12,26H,11H2,1H3,(H,23,24). The van der Waals surface area contributed by atoms with E-state index in [1.165, 1.54) is 12.1 Å². The highest BCUT2D eigenvalue weighted by atomic mass is 19.1. The number of hydrogen-bond donors (Lipinski definition) is 2. The summed E-state index contributed by atoms with van der Waals surface area (Å²) < 4.78 is 14.8. The molecule has 6 heteroatoms. The minimum Gasteiger partial charge on any atom is -0.508 e. The van der Waals surface area contributed by atoms with Gasteiger partial charge in [-0.15, -0.1) is 5.10 Å².